The Bertz CT molecular complexity index is 363. The monoisotopic (exact) mass is 247 g/mol. The van der Waals surface area contributed by atoms with Gasteiger partial charge in [0.25, 0.3) is 0 Å². The molecule has 0 saturated carbocycles. The summed E-state index contributed by atoms with van der Waals surface area (Å²) >= 11 is 0. The van der Waals surface area contributed by atoms with Gasteiger partial charge in [-0.25, -0.2) is 8.42 Å². The van der Waals surface area contributed by atoms with Crippen LogP contribution in [0.1, 0.15) is 25.7 Å². The predicted octanol–water partition coefficient (Wildman–Crippen LogP) is 0.831. The number of unbranched alkanes of at least 4 members (excludes halogenated alkanes) is 1. The van der Waals surface area contributed by atoms with E-state index in [1.807, 2.05) is 0 Å². The van der Waals surface area contributed by atoms with Gasteiger partial charge in [-0.3, -0.25) is 4.79 Å². The molecule has 6 heteroatoms. The lowest BCUT2D eigenvalue weighted by Crippen LogP contribution is -2.41. The Morgan fingerprint density at radius 1 is 1.56 bits per heavy atom. The van der Waals surface area contributed by atoms with E-state index < -0.39 is 22.0 Å². The van der Waals surface area contributed by atoms with Gasteiger partial charge >= 0.3 is 5.97 Å². The minimum atomic E-state index is -3.42. The fraction of sp³-hybridized carbons (Fsp3) is 0.700. The van der Waals surface area contributed by atoms with E-state index >= 15 is 0 Å². The number of carbonyl (C=O) groups is 1. The second-order valence-corrected chi connectivity index (χ2v) is 5.89. The first-order valence-corrected chi connectivity index (χ1v) is 6.93. The number of sulfonamides is 1. The van der Waals surface area contributed by atoms with Crippen LogP contribution in [0, 0.1) is 0 Å². The summed E-state index contributed by atoms with van der Waals surface area (Å²) in [6, 6.07) is -0.867. The zero-order chi connectivity index (χ0) is 12.2. The molecule has 0 unspecified atom stereocenters. The zero-order valence-electron chi connectivity index (χ0n) is 9.13. The van der Waals surface area contributed by atoms with Crippen molar-refractivity contribution in [1.29, 1.82) is 0 Å². The third-order valence-electron chi connectivity index (χ3n) is 2.66. The molecule has 1 atom stereocenters. The van der Waals surface area contributed by atoms with Crippen LogP contribution in [0.5, 0.6) is 0 Å². The van der Waals surface area contributed by atoms with Crippen molar-refractivity contribution in [2.75, 3.05) is 12.3 Å². The highest BCUT2D eigenvalue weighted by Crippen LogP contribution is 2.22. The Hall–Kier alpha value is -0.880. The maximum atomic E-state index is 11.9. The first-order valence-electron chi connectivity index (χ1n) is 5.32. The van der Waals surface area contributed by atoms with Crippen molar-refractivity contribution in [3.8, 4) is 0 Å². The Kier molecular flexibility index (Phi) is 4.49. The number of allylic oxidation sites excluding steroid dienone is 1. The molecule has 0 spiro atoms. The van der Waals surface area contributed by atoms with E-state index in [1.54, 1.807) is 6.08 Å². The molecule has 0 aromatic heterocycles. The maximum absolute atomic E-state index is 11.9. The highest BCUT2D eigenvalue weighted by molar-refractivity contribution is 7.89. The SMILES string of the molecule is C=CCCCS(=O)(=O)N1CCC[C@@H]1C(=O)O. The average Bonchev–Trinajstić information content (AvgIpc) is 2.66. The van der Waals surface area contributed by atoms with Crippen LogP contribution in [0.25, 0.3) is 0 Å². The summed E-state index contributed by atoms with van der Waals surface area (Å²) in [7, 11) is -3.42. The standard InChI is InChI=1S/C10H17NO4S/c1-2-3-4-8-16(14,15)11-7-5-6-9(11)10(12)13/h2,9H,1,3-8H2,(H,12,13)/t9-/m1/s1. The van der Waals surface area contributed by atoms with Crippen molar-refractivity contribution in [2.45, 2.75) is 31.7 Å². The van der Waals surface area contributed by atoms with E-state index in [9.17, 15) is 13.2 Å². The molecule has 0 amide bonds. The Morgan fingerprint density at radius 2 is 2.25 bits per heavy atom. The van der Waals surface area contributed by atoms with Crippen LogP contribution in [0.2, 0.25) is 0 Å². The van der Waals surface area contributed by atoms with Crippen molar-refractivity contribution < 1.29 is 18.3 Å². The molecule has 1 heterocycles. The number of nitrogens with zero attached hydrogens (tertiary/aromatic N) is 1. The average molecular weight is 247 g/mol. The summed E-state index contributed by atoms with van der Waals surface area (Å²) < 4.78 is 24.8. The van der Waals surface area contributed by atoms with Gasteiger partial charge in [0, 0.05) is 6.54 Å². The molecule has 1 saturated heterocycles. The summed E-state index contributed by atoms with van der Waals surface area (Å²) in [5.74, 6) is -1.05. The molecular formula is C10H17NO4S. The predicted molar refractivity (Wildman–Crippen MR) is 60.6 cm³/mol. The molecule has 5 nitrogen and oxygen atoms in total. The Labute approximate surface area is 95.8 Å². The first kappa shape index (κ1) is 13.2. The van der Waals surface area contributed by atoms with Crippen molar-refractivity contribution in [2.24, 2.45) is 0 Å². The Morgan fingerprint density at radius 3 is 2.81 bits per heavy atom. The van der Waals surface area contributed by atoms with Crippen LogP contribution in [0.3, 0.4) is 0 Å². The second-order valence-electron chi connectivity index (χ2n) is 3.85. The molecule has 1 aliphatic heterocycles. The van der Waals surface area contributed by atoms with Gasteiger partial charge in [-0.1, -0.05) is 6.08 Å². The van der Waals surface area contributed by atoms with E-state index in [-0.39, 0.29) is 5.75 Å². The van der Waals surface area contributed by atoms with Crippen molar-refractivity contribution >= 4 is 16.0 Å². The number of carboxylic acid groups (broad SMARTS) is 1. The smallest absolute Gasteiger partial charge is 0.322 e. The van der Waals surface area contributed by atoms with Crippen LogP contribution in [-0.4, -0.2) is 42.1 Å². The van der Waals surface area contributed by atoms with Gasteiger partial charge < -0.3 is 5.11 Å². The van der Waals surface area contributed by atoms with Crippen LogP contribution >= 0.6 is 0 Å². The van der Waals surface area contributed by atoms with Gasteiger partial charge in [0.05, 0.1) is 5.75 Å². The molecule has 92 valence electrons. The highest BCUT2D eigenvalue weighted by atomic mass is 32.2. The van der Waals surface area contributed by atoms with E-state index in [4.69, 9.17) is 5.11 Å². The third kappa shape index (κ3) is 3.05. The minimum absolute atomic E-state index is 0.00278. The molecule has 0 aliphatic carbocycles. The molecule has 1 N–H and O–H groups in total. The number of carboxylic acids is 1. The largest absolute Gasteiger partial charge is 0.480 e. The van der Waals surface area contributed by atoms with Gasteiger partial charge in [-0.2, -0.15) is 4.31 Å². The fourth-order valence-corrected chi connectivity index (χ4v) is 3.60. The molecular weight excluding hydrogens is 230 g/mol. The minimum Gasteiger partial charge on any atom is -0.480 e. The highest BCUT2D eigenvalue weighted by Gasteiger charge is 2.37. The lowest BCUT2D eigenvalue weighted by Gasteiger charge is -2.20. The number of aliphatic carboxylic acids is 1. The summed E-state index contributed by atoms with van der Waals surface area (Å²) in [5, 5.41) is 8.90. The van der Waals surface area contributed by atoms with E-state index in [0.717, 1.165) is 4.31 Å². The molecule has 16 heavy (non-hydrogen) atoms. The first-order chi connectivity index (χ1) is 7.49. The summed E-state index contributed by atoms with van der Waals surface area (Å²) in [5.41, 5.74) is 0. The normalized spacial score (nSPS) is 22.1. The molecule has 1 fully saturated rings. The summed E-state index contributed by atoms with van der Waals surface area (Å²) in [6.07, 6.45) is 3.82. The van der Waals surface area contributed by atoms with Crippen LogP contribution < -0.4 is 0 Å². The molecule has 0 aromatic rings. The molecule has 1 rings (SSSR count). The third-order valence-corrected chi connectivity index (χ3v) is 4.61. The number of hydrogen-bond donors (Lipinski definition) is 1. The van der Waals surface area contributed by atoms with Gasteiger partial charge in [-0.15, -0.1) is 6.58 Å². The van der Waals surface area contributed by atoms with Gasteiger partial charge in [-0.05, 0) is 25.7 Å². The van der Waals surface area contributed by atoms with Gasteiger partial charge in [0.15, 0.2) is 0 Å². The summed E-state index contributed by atoms with van der Waals surface area (Å²) in [6.45, 7) is 3.85. The number of rotatable bonds is 6. The quantitative estimate of drug-likeness (QED) is 0.557. The second kappa shape index (κ2) is 5.45. The van der Waals surface area contributed by atoms with Crippen molar-refractivity contribution in [3.05, 3.63) is 12.7 Å². The van der Waals surface area contributed by atoms with Crippen LogP contribution in [0.4, 0.5) is 0 Å². The Balaban J connectivity index is 2.67. The van der Waals surface area contributed by atoms with Gasteiger partial charge in [0.1, 0.15) is 6.04 Å². The molecule has 0 aromatic carbocycles. The lowest BCUT2D eigenvalue weighted by molar-refractivity contribution is -0.140. The molecule has 1 aliphatic rings. The molecule has 0 bridgehead atoms. The summed E-state index contributed by atoms with van der Waals surface area (Å²) in [4.78, 5) is 10.9. The van der Waals surface area contributed by atoms with Crippen molar-refractivity contribution in [1.82, 2.24) is 4.31 Å². The zero-order valence-corrected chi connectivity index (χ0v) is 9.95. The molecule has 0 radical (unpaired) electrons. The van der Waals surface area contributed by atoms with Crippen molar-refractivity contribution in [3.63, 3.8) is 0 Å². The topological polar surface area (TPSA) is 74.7 Å². The van der Waals surface area contributed by atoms with E-state index in [1.165, 1.54) is 0 Å². The van der Waals surface area contributed by atoms with Gasteiger partial charge in [0.2, 0.25) is 10.0 Å². The van der Waals surface area contributed by atoms with Crippen LogP contribution in [-0.2, 0) is 14.8 Å². The maximum Gasteiger partial charge on any atom is 0.322 e. The van der Waals surface area contributed by atoms with Crippen LogP contribution in [0.15, 0.2) is 12.7 Å². The van der Waals surface area contributed by atoms with E-state index in [2.05, 4.69) is 6.58 Å². The lowest BCUT2D eigenvalue weighted by atomic mass is 10.2. The fourth-order valence-electron chi connectivity index (χ4n) is 1.85. The van der Waals surface area contributed by atoms with E-state index in [0.29, 0.717) is 32.2 Å². The number of hydrogen-bond acceptors (Lipinski definition) is 3.